The van der Waals surface area contributed by atoms with Gasteiger partial charge in [0.15, 0.2) is 0 Å². The van der Waals surface area contributed by atoms with Gasteiger partial charge in [-0.05, 0) is 43.2 Å². The van der Waals surface area contributed by atoms with Crippen molar-refractivity contribution in [1.82, 2.24) is 0 Å². The molecule has 17 heavy (non-hydrogen) atoms. The molecule has 1 aliphatic carbocycles. The number of hydrogen-bond donors (Lipinski definition) is 1. The number of nitrogens with one attached hydrogen (secondary N) is 1. The van der Waals surface area contributed by atoms with E-state index in [1.807, 2.05) is 0 Å². The third kappa shape index (κ3) is 3.12. The highest BCUT2D eigenvalue weighted by Gasteiger charge is 2.26. The van der Waals surface area contributed by atoms with Crippen molar-refractivity contribution in [2.45, 2.75) is 27.2 Å². The van der Waals surface area contributed by atoms with Crippen LogP contribution in [-0.2, 0) is 0 Å². The summed E-state index contributed by atoms with van der Waals surface area (Å²) >= 11 is 0. The highest BCUT2D eigenvalue weighted by atomic mass is 14.9. The van der Waals surface area contributed by atoms with Crippen LogP contribution >= 0.6 is 0 Å². The molecular weight excluding hydrogens is 206 g/mol. The molecule has 0 spiro atoms. The average Bonchev–Trinajstić information content (AvgIpc) is 2.29. The van der Waals surface area contributed by atoms with Crippen molar-refractivity contribution in [1.29, 1.82) is 0 Å². The van der Waals surface area contributed by atoms with Gasteiger partial charge in [-0.15, -0.1) is 0 Å². The van der Waals surface area contributed by atoms with E-state index in [2.05, 4.69) is 62.5 Å². The number of allylic oxidation sites excluding steroid dienone is 2. The monoisotopic (exact) mass is 229 g/mol. The van der Waals surface area contributed by atoms with Crippen LogP contribution in [0.15, 0.2) is 42.0 Å². The minimum absolute atomic E-state index is 0.690. The van der Waals surface area contributed by atoms with Gasteiger partial charge in [-0.3, -0.25) is 0 Å². The van der Waals surface area contributed by atoms with Gasteiger partial charge in [-0.2, -0.15) is 0 Å². The Morgan fingerprint density at radius 1 is 1.18 bits per heavy atom. The van der Waals surface area contributed by atoms with Gasteiger partial charge < -0.3 is 5.32 Å². The Hall–Kier alpha value is -1.24. The van der Waals surface area contributed by atoms with E-state index in [-0.39, 0.29) is 0 Å². The van der Waals surface area contributed by atoms with Crippen molar-refractivity contribution in [3.8, 4) is 0 Å². The minimum Gasteiger partial charge on any atom is -0.385 e. The fraction of sp³-hybridized carbons (Fsp3) is 0.500. The molecule has 3 atom stereocenters. The second-order valence-corrected chi connectivity index (χ2v) is 5.46. The van der Waals surface area contributed by atoms with E-state index in [0.29, 0.717) is 5.92 Å². The minimum atomic E-state index is 0.690. The average molecular weight is 229 g/mol. The molecule has 1 N–H and O–H groups in total. The van der Waals surface area contributed by atoms with E-state index in [1.54, 1.807) is 5.57 Å². The van der Waals surface area contributed by atoms with Crippen molar-refractivity contribution >= 4 is 5.69 Å². The van der Waals surface area contributed by atoms with Crippen LogP contribution in [0.3, 0.4) is 0 Å². The Kier molecular flexibility index (Phi) is 3.88. The van der Waals surface area contributed by atoms with Gasteiger partial charge >= 0.3 is 0 Å². The van der Waals surface area contributed by atoms with Gasteiger partial charge in [0.25, 0.3) is 0 Å². The molecule has 1 aliphatic rings. The lowest BCUT2D eigenvalue weighted by molar-refractivity contribution is 0.287. The zero-order chi connectivity index (χ0) is 12.3. The molecule has 0 bridgehead atoms. The maximum atomic E-state index is 3.56. The Labute approximate surface area is 105 Å². The largest absolute Gasteiger partial charge is 0.385 e. The summed E-state index contributed by atoms with van der Waals surface area (Å²) in [6.45, 7) is 8.06. The summed E-state index contributed by atoms with van der Waals surface area (Å²) in [5.41, 5.74) is 2.79. The summed E-state index contributed by atoms with van der Waals surface area (Å²) in [7, 11) is 0. The first kappa shape index (κ1) is 12.2. The second-order valence-electron chi connectivity index (χ2n) is 5.46. The van der Waals surface area contributed by atoms with Crippen molar-refractivity contribution < 1.29 is 0 Å². The first-order chi connectivity index (χ1) is 8.16. The topological polar surface area (TPSA) is 12.0 Å². The summed E-state index contributed by atoms with van der Waals surface area (Å²) in [5, 5.41) is 3.56. The summed E-state index contributed by atoms with van der Waals surface area (Å²) in [5.74, 6) is 2.22. The van der Waals surface area contributed by atoms with E-state index >= 15 is 0 Å². The number of benzene rings is 1. The highest BCUT2D eigenvalue weighted by molar-refractivity contribution is 5.42. The van der Waals surface area contributed by atoms with Crippen LogP contribution in [-0.4, -0.2) is 6.54 Å². The van der Waals surface area contributed by atoms with Crippen molar-refractivity contribution in [3.05, 3.63) is 42.0 Å². The molecule has 0 aliphatic heterocycles. The maximum Gasteiger partial charge on any atom is 0.0340 e. The standard InChI is InChI=1S/C16H23N/c1-12-9-13(2)16(14(3)10-12)11-17-15-7-5-4-6-8-15/h4-9,13-14,16-17H,10-11H2,1-3H3/t13-,14+,16+/m0/s1. The van der Waals surface area contributed by atoms with Crippen LogP contribution in [0.25, 0.3) is 0 Å². The Morgan fingerprint density at radius 2 is 1.88 bits per heavy atom. The van der Waals surface area contributed by atoms with Gasteiger partial charge in [0.05, 0.1) is 0 Å². The van der Waals surface area contributed by atoms with E-state index in [1.165, 1.54) is 12.1 Å². The fourth-order valence-corrected chi connectivity index (χ4v) is 3.00. The Balaban J connectivity index is 1.95. The van der Waals surface area contributed by atoms with E-state index in [9.17, 15) is 0 Å². The van der Waals surface area contributed by atoms with Crippen molar-refractivity contribution in [3.63, 3.8) is 0 Å². The molecule has 1 nitrogen and oxygen atoms in total. The number of hydrogen-bond acceptors (Lipinski definition) is 1. The lowest BCUT2D eigenvalue weighted by Crippen LogP contribution is -2.29. The Morgan fingerprint density at radius 3 is 2.53 bits per heavy atom. The van der Waals surface area contributed by atoms with Gasteiger partial charge in [0.1, 0.15) is 0 Å². The molecule has 0 unspecified atom stereocenters. The normalized spacial score (nSPS) is 28.6. The lowest BCUT2D eigenvalue weighted by atomic mass is 9.75. The molecule has 1 aromatic rings. The quantitative estimate of drug-likeness (QED) is 0.760. The number of rotatable bonds is 3. The van der Waals surface area contributed by atoms with E-state index in [4.69, 9.17) is 0 Å². The van der Waals surface area contributed by atoms with Crippen LogP contribution in [0, 0.1) is 17.8 Å². The summed E-state index contributed by atoms with van der Waals surface area (Å²) < 4.78 is 0. The molecule has 0 radical (unpaired) electrons. The van der Waals surface area contributed by atoms with Crippen molar-refractivity contribution in [2.24, 2.45) is 17.8 Å². The molecule has 0 amide bonds. The summed E-state index contributed by atoms with van der Waals surface area (Å²) in [4.78, 5) is 0. The molecule has 0 heterocycles. The molecule has 0 saturated carbocycles. The fourth-order valence-electron chi connectivity index (χ4n) is 3.00. The second kappa shape index (κ2) is 5.39. The SMILES string of the molecule is CC1=C[C@H](C)[C@@H](CNc2ccccc2)[C@H](C)C1. The molecule has 1 aromatic carbocycles. The zero-order valence-electron chi connectivity index (χ0n) is 11.1. The number of para-hydroxylation sites is 1. The van der Waals surface area contributed by atoms with Gasteiger partial charge in [-0.25, -0.2) is 0 Å². The summed E-state index contributed by atoms with van der Waals surface area (Å²) in [6.07, 6.45) is 3.70. The van der Waals surface area contributed by atoms with E-state index in [0.717, 1.165) is 18.4 Å². The lowest BCUT2D eigenvalue weighted by Gasteiger charge is -2.33. The first-order valence-corrected chi connectivity index (χ1v) is 6.63. The Bertz CT molecular complexity index is 380. The van der Waals surface area contributed by atoms with Crippen LogP contribution in [0.4, 0.5) is 5.69 Å². The molecule has 2 rings (SSSR count). The van der Waals surface area contributed by atoms with Crippen LogP contribution < -0.4 is 5.32 Å². The molecule has 0 aromatic heterocycles. The third-order valence-corrected chi connectivity index (χ3v) is 3.91. The molecule has 92 valence electrons. The van der Waals surface area contributed by atoms with Crippen LogP contribution in [0.5, 0.6) is 0 Å². The predicted octanol–water partition coefficient (Wildman–Crippen LogP) is 4.34. The molecular formula is C16H23N. The molecule has 0 saturated heterocycles. The van der Waals surface area contributed by atoms with Gasteiger partial charge in [0.2, 0.25) is 0 Å². The number of anilines is 1. The summed E-state index contributed by atoms with van der Waals surface area (Å²) in [6, 6.07) is 10.5. The van der Waals surface area contributed by atoms with Crippen molar-refractivity contribution in [2.75, 3.05) is 11.9 Å². The van der Waals surface area contributed by atoms with Gasteiger partial charge in [-0.1, -0.05) is 43.7 Å². The first-order valence-electron chi connectivity index (χ1n) is 6.63. The highest BCUT2D eigenvalue weighted by Crippen LogP contribution is 2.33. The van der Waals surface area contributed by atoms with Crippen LogP contribution in [0.1, 0.15) is 27.2 Å². The van der Waals surface area contributed by atoms with Crippen LogP contribution in [0.2, 0.25) is 0 Å². The zero-order valence-corrected chi connectivity index (χ0v) is 11.1. The van der Waals surface area contributed by atoms with Gasteiger partial charge in [0, 0.05) is 12.2 Å². The van der Waals surface area contributed by atoms with E-state index < -0.39 is 0 Å². The molecule has 0 fully saturated rings. The third-order valence-electron chi connectivity index (χ3n) is 3.91. The predicted molar refractivity (Wildman–Crippen MR) is 75.1 cm³/mol. The molecule has 1 heteroatoms. The maximum absolute atomic E-state index is 3.56. The smallest absolute Gasteiger partial charge is 0.0340 e.